The van der Waals surface area contributed by atoms with E-state index in [0.29, 0.717) is 33.7 Å². The van der Waals surface area contributed by atoms with Crippen molar-refractivity contribution in [3.63, 3.8) is 0 Å². The van der Waals surface area contributed by atoms with E-state index in [4.69, 9.17) is 16.3 Å². The van der Waals surface area contributed by atoms with Gasteiger partial charge in [0.1, 0.15) is 5.75 Å². The van der Waals surface area contributed by atoms with Gasteiger partial charge in [-0.25, -0.2) is 8.42 Å². The third-order valence-electron chi connectivity index (χ3n) is 4.92. The van der Waals surface area contributed by atoms with Crippen LogP contribution in [-0.4, -0.2) is 49.4 Å². The van der Waals surface area contributed by atoms with Crippen molar-refractivity contribution in [2.24, 2.45) is 4.99 Å². The van der Waals surface area contributed by atoms with Gasteiger partial charge in [-0.1, -0.05) is 41.6 Å². The van der Waals surface area contributed by atoms with Gasteiger partial charge in [0.25, 0.3) is 5.91 Å². The number of hydrogen-bond donors (Lipinski definition) is 2. The molecule has 30 heavy (non-hydrogen) atoms. The number of benzene rings is 2. The van der Waals surface area contributed by atoms with Gasteiger partial charge in [0.2, 0.25) is 0 Å². The molecule has 158 valence electrons. The molecular formula is C20H20ClN3O4S2. The van der Waals surface area contributed by atoms with Crippen molar-refractivity contribution >= 4 is 50.0 Å². The predicted molar refractivity (Wildman–Crippen MR) is 120 cm³/mol. The molecule has 0 spiro atoms. The number of aliphatic imine (C=N–C) groups is 1. The van der Waals surface area contributed by atoms with Crippen LogP contribution in [0.15, 0.2) is 47.5 Å². The van der Waals surface area contributed by atoms with Gasteiger partial charge in [-0.05, 0) is 24.3 Å². The topological polar surface area (TPSA) is 96.9 Å². The van der Waals surface area contributed by atoms with Crippen LogP contribution >= 0.6 is 23.4 Å². The lowest BCUT2D eigenvalue weighted by Gasteiger charge is -2.12. The Balaban J connectivity index is 1.44. The molecule has 4 rings (SSSR count). The summed E-state index contributed by atoms with van der Waals surface area (Å²) < 4.78 is 28.7. The fraction of sp³-hybridized carbons (Fsp3) is 0.300. The molecule has 0 saturated carbocycles. The quantitative estimate of drug-likeness (QED) is 0.704. The van der Waals surface area contributed by atoms with E-state index < -0.39 is 9.84 Å². The van der Waals surface area contributed by atoms with E-state index in [1.807, 2.05) is 24.3 Å². The van der Waals surface area contributed by atoms with Crippen LogP contribution in [-0.2, 0) is 16.4 Å². The van der Waals surface area contributed by atoms with Crippen LogP contribution in [0.4, 0.5) is 5.69 Å². The second kappa shape index (κ2) is 8.49. The van der Waals surface area contributed by atoms with Gasteiger partial charge in [-0.15, -0.1) is 0 Å². The van der Waals surface area contributed by atoms with E-state index in [1.54, 1.807) is 25.3 Å². The average molecular weight is 466 g/mol. The molecule has 10 heteroatoms. The van der Waals surface area contributed by atoms with Crippen molar-refractivity contribution < 1.29 is 17.9 Å². The number of halogens is 1. The molecule has 0 bridgehead atoms. The van der Waals surface area contributed by atoms with Crippen molar-refractivity contribution in [1.29, 1.82) is 0 Å². The largest absolute Gasteiger partial charge is 0.496 e. The number of hydrogen-bond acceptors (Lipinski definition) is 7. The first kappa shape index (κ1) is 21.0. The van der Waals surface area contributed by atoms with Crippen molar-refractivity contribution in [3.05, 3.63) is 58.6 Å². The molecule has 2 aromatic rings. The summed E-state index contributed by atoms with van der Waals surface area (Å²) in [6.45, 7) is 0.328. The zero-order chi connectivity index (χ0) is 21.3. The molecule has 2 aromatic carbocycles. The molecular weight excluding hydrogens is 446 g/mol. The number of nitrogens with zero attached hydrogens (tertiary/aromatic N) is 1. The number of nitrogens with one attached hydrogen (secondary N) is 2. The normalized spacial score (nSPS) is 21.6. The van der Waals surface area contributed by atoms with Crippen molar-refractivity contribution in [2.45, 2.75) is 17.8 Å². The van der Waals surface area contributed by atoms with E-state index in [9.17, 15) is 13.2 Å². The summed E-state index contributed by atoms with van der Waals surface area (Å²) in [5.74, 6) is 0.676. The SMILES string of the molecule is COc1ccccc1CNC(=O)c1ccc(Cl)c(NC2=N[C@@H]3CS(=O)(=O)C[C@H]3S2)c1. The van der Waals surface area contributed by atoms with Gasteiger partial charge in [-0.2, -0.15) is 0 Å². The number of thioether (sulfide) groups is 1. The lowest BCUT2D eigenvalue weighted by molar-refractivity contribution is 0.0950. The van der Waals surface area contributed by atoms with Crippen molar-refractivity contribution in [3.8, 4) is 5.75 Å². The highest BCUT2D eigenvalue weighted by Crippen LogP contribution is 2.35. The minimum absolute atomic E-state index is 0.0661. The Hall–Kier alpha value is -2.23. The third-order valence-corrected chi connectivity index (χ3v) is 8.39. The second-order valence-electron chi connectivity index (χ2n) is 7.05. The van der Waals surface area contributed by atoms with Gasteiger partial charge in [-0.3, -0.25) is 9.79 Å². The fourth-order valence-electron chi connectivity index (χ4n) is 3.42. The Kier molecular flexibility index (Phi) is 5.95. The van der Waals surface area contributed by atoms with E-state index in [2.05, 4.69) is 15.6 Å². The maximum absolute atomic E-state index is 12.6. The van der Waals surface area contributed by atoms with E-state index in [-0.39, 0.29) is 28.7 Å². The van der Waals surface area contributed by atoms with Crippen LogP contribution in [0.25, 0.3) is 0 Å². The summed E-state index contributed by atoms with van der Waals surface area (Å²) in [6.07, 6.45) is 0. The Labute approximate surface area is 184 Å². The zero-order valence-electron chi connectivity index (χ0n) is 16.1. The number of sulfone groups is 1. The molecule has 0 aliphatic carbocycles. The molecule has 2 heterocycles. The third kappa shape index (κ3) is 4.58. The second-order valence-corrected chi connectivity index (χ2v) is 10.8. The van der Waals surface area contributed by atoms with Gasteiger partial charge < -0.3 is 15.4 Å². The molecule has 2 aliphatic rings. The highest BCUT2D eigenvalue weighted by molar-refractivity contribution is 8.15. The van der Waals surface area contributed by atoms with Gasteiger partial charge in [0.15, 0.2) is 15.0 Å². The summed E-state index contributed by atoms with van der Waals surface area (Å²) in [4.78, 5) is 17.1. The first-order valence-electron chi connectivity index (χ1n) is 9.26. The number of para-hydroxylation sites is 1. The monoisotopic (exact) mass is 465 g/mol. The predicted octanol–water partition coefficient (Wildman–Crippen LogP) is 2.96. The number of carbonyl (C=O) groups excluding carboxylic acids is 1. The number of fused-ring (bicyclic) bond motifs is 1. The number of amides is 1. The maximum atomic E-state index is 12.6. The molecule has 0 unspecified atom stereocenters. The standard InChI is InChI=1S/C20H20ClN3O4S2/c1-28-17-5-3-2-4-13(17)9-22-19(25)12-6-7-14(21)15(8-12)23-20-24-16-10-30(26,27)11-18(16)29-20/h2-8,16,18H,9-11H2,1H3,(H,22,25)(H,23,24)/t16-,18-/m1/s1. The number of ether oxygens (including phenoxy) is 1. The van der Waals surface area contributed by atoms with E-state index in [0.717, 1.165) is 5.56 Å². The van der Waals surface area contributed by atoms with Crippen molar-refractivity contribution in [1.82, 2.24) is 5.32 Å². The molecule has 0 aromatic heterocycles. The lowest BCUT2D eigenvalue weighted by Crippen LogP contribution is -2.23. The van der Waals surface area contributed by atoms with Crippen LogP contribution in [0.5, 0.6) is 5.75 Å². The minimum Gasteiger partial charge on any atom is -0.496 e. The zero-order valence-corrected chi connectivity index (χ0v) is 18.5. The maximum Gasteiger partial charge on any atom is 0.251 e. The molecule has 1 fully saturated rings. The molecule has 2 aliphatic heterocycles. The number of anilines is 1. The smallest absolute Gasteiger partial charge is 0.251 e. The summed E-state index contributed by atoms with van der Waals surface area (Å²) in [5.41, 5.74) is 1.87. The molecule has 0 radical (unpaired) electrons. The summed E-state index contributed by atoms with van der Waals surface area (Å²) >= 11 is 7.69. The molecule has 1 amide bonds. The first-order valence-corrected chi connectivity index (χ1v) is 12.3. The fourth-order valence-corrected chi connectivity index (χ4v) is 7.25. The molecule has 2 N–H and O–H groups in total. The summed E-state index contributed by atoms with van der Waals surface area (Å²) in [7, 11) is -1.42. The van der Waals surface area contributed by atoms with Crippen LogP contribution < -0.4 is 15.4 Å². The Morgan fingerprint density at radius 1 is 1.27 bits per heavy atom. The first-order chi connectivity index (χ1) is 14.3. The Morgan fingerprint density at radius 3 is 2.83 bits per heavy atom. The van der Waals surface area contributed by atoms with Crippen molar-refractivity contribution in [2.75, 3.05) is 23.9 Å². The highest BCUT2D eigenvalue weighted by Gasteiger charge is 2.42. The number of carbonyl (C=O) groups is 1. The van der Waals surface area contributed by atoms with Crippen LogP contribution in [0, 0.1) is 0 Å². The Morgan fingerprint density at radius 2 is 2.07 bits per heavy atom. The number of amidine groups is 1. The van der Waals surface area contributed by atoms with Gasteiger partial charge >= 0.3 is 0 Å². The summed E-state index contributed by atoms with van der Waals surface area (Å²) in [6, 6.07) is 12.2. The van der Waals surface area contributed by atoms with Crippen LogP contribution in [0.2, 0.25) is 5.02 Å². The van der Waals surface area contributed by atoms with Crippen LogP contribution in [0.1, 0.15) is 15.9 Å². The minimum atomic E-state index is -3.01. The van der Waals surface area contributed by atoms with Gasteiger partial charge in [0.05, 0.1) is 35.4 Å². The van der Waals surface area contributed by atoms with Gasteiger partial charge in [0, 0.05) is 22.9 Å². The van der Waals surface area contributed by atoms with E-state index >= 15 is 0 Å². The highest BCUT2D eigenvalue weighted by atomic mass is 35.5. The number of methoxy groups -OCH3 is 1. The summed E-state index contributed by atoms with van der Waals surface area (Å²) in [5, 5.41) is 7.02. The lowest BCUT2D eigenvalue weighted by atomic mass is 10.1. The van der Waals surface area contributed by atoms with Crippen LogP contribution in [0.3, 0.4) is 0 Å². The molecule has 1 saturated heterocycles. The molecule has 2 atom stereocenters. The number of rotatable bonds is 5. The Bertz CT molecular complexity index is 1120. The van der Waals surface area contributed by atoms with E-state index in [1.165, 1.54) is 11.8 Å². The average Bonchev–Trinajstić information content (AvgIpc) is 3.20. The molecule has 7 nitrogen and oxygen atoms in total.